The Kier molecular flexibility index (Phi) is 5.71. The van der Waals surface area contributed by atoms with Gasteiger partial charge >= 0.3 is 6.09 Å². The van der Waals surface area contributed by atoms with Crippen molar-refractivity contribution >= 4 is 11.9 Å². The lowest BCUT2D eigenvalue weighted by Gasteiger charge is -2.48. The summed E-state index contributed by atoms with van der Waals surface area (Å²) >= 11 is 0. The molecule has 8 heteroatoms. The van der Waals surface area contributed by atoms with E-state index in [9.17, 15) is 4.79 Å². The van der Waals surface area contributed by atoms with Gasteiger partial charge in [-0.05, 0) is 56.9 Å². The summed E-state index contributed by atoms with van der Waals surface area (Å²) in [6.07, 6.45) is 7.12. The van der Waals surface area contributed by atoms with Gasteiger partial charge in [0.15, 0.2) is 0 Å². The summed E-state index contributed by atoms with van der Waals surface area (Å²) in [4.78, 5) is 23.5. The van der Waals surface area contributed by atoms with Gasteiger partial charge in [-0.1, -0.05) is 0 Å². The molecule has 0 aromatic carbocycles. The van der Waals surface area contributed by atoms with Crippen LogP contribution >= 0.6 is 0 Å². The van der Waals surface area contributed by atoms with E-state index in [1.807, 2.05) is 31.0 Å². The Hall–Kier alpha value is -2.74. The first-order valence-electron chi connectivity index (χ1n) is 11.7. The average molecular weight is 437 g/mol. The van der Waals surface area contributed by atoms with Gasteiger partial charge in [-0.15, -0.1) is 0 Å². The highest BCUT2D eigenvalue weighted by molar-refractivity contribution is 5.73. The van der Waals surface area contributed by atoms with Crippen LogP contribution in [0.2, 0.25) is 0 Å². The lowest BCUT2D eigenvalue weighted by atomic mass is 9.78. The van der Waals surface area contributed by atoms with Gasteiger partial charge in [0.1, 0.15) is 5.82 Å². The molecular weight excluding hydrogens is 404 g/mol. The number of ether oxygens (including phenoxy) is 1. The fraction of sp³-hybridized carbons (Fsp3) is 0.583. The van der Waals surface area contributed by atoms with E-state index in [2.05, 4.69) is 32.1 Å². The lowest BCUT2D eigenvalue weighted by molar-refractivity contribution is -0.00294. The average Bonchev–Trinajstić information content (AvgIpc) is 3.24. The molecule has 0 bridgehead atoms. The van der Waals surface area contributed by atoms with Crippen LogP contribution in [0.3, 0.4) is 0 Å². The van der Waals surface area contributed by atoms with Crippen molar-refractivity contribution in [2.45, 2.75) is 39.2 Å². The summed E-state index contributed by atoms with van der Waals surface area (Å²) in [5, 5.41) is 8.47. The zero-order valence-corrected chi connectivity index (χ0v) is 19.0. The maximum atomic E-state index is 11.9. The molecule has 4 heterocycles. The van der Waals surface area contributed by atoms with Crippen LogP contribution in [0.5, 0.6) is 0 Å². The molecule has 1 saturated carbocycles. The Bertz CT molecular complexity index is 968. The van der Waals surface area contributed by atoms with Crippen LogP contribution in [0.4, 0.5) is 10.6 Å². The molecule has 8 nitrogen and oxygen atoms in total. The molecule has 2 aromatic heterocycles. The zero-order valence-electron chi connectivity index (χ0n) is 19.0. The van der Waals surface area contributed by atoms with Crippen molar-refractivity contribution in [3.63, 3.8) is 0 Å². The maximum Gasteiger partial charge on any atom is 0.409 e. The molecule has 2 aromatic rings. The monoisotopic (exact) mass is 436 g/mol. The van der Waals surface area contributed by atoms with Gasteiger partial charge in [0.25, 0.3) is 0 Å². The molecule has 1 amide bonds. The number of likely N-dealkylation sites (tertiary alicyclic amines) is 1. The van der Waals surface area contributed by atoms with Crippen LogP contribution in [-0.4, -0.2) is 83.0 Å². The van der Waals surface area contributed by atoms with Gasteiger partial charge in [0.2, 0.25) is 0 Å². The van der Waals surface area contributed by atoms with Gasteiger partial charge < -0.3 is 14.5 Å². The quantitative estimate of drug-likeness (QED) is 0.729. The minimum atomic E-state index is -0.153. The lowest BCUT2D eigenvalue weighted by Crippen LogP contribution is -2.58. The highest BCUT2D eigenvalue weighted by Gasteiger charge is 2.51. The highest BCUT2D eigenvalue weighted by Crippen LogP contribution is 2.47. The number of piperazine rings is 1. The third-order valence-electron chi connectivity index (χ3n) is 7.24. The molecule has 3 aliphatic rings. The molecule has 1 atom stereocenters. The van der Waals surface area contributed by atoms with E-state index in [-0.39, 0.29) is 6.09 Å². The van der Waals surface area contributed by atoms with E-state index >= 15 is 0 Å². The Labute approximate surface area is 189 Å². The summed E-state index contributed by atoms with van der Waals surface area (Å²) in [6.45, 7) is 10.1. The van der Waals surface area contributed by atoms with Crippen LogP contribution in [0.1, 0.15) is 31.7 Å². The standard InChI is InChI=1S/C24H32N6O2/c1-3-32-23(31)30-16-24(17-30)7-6-19(14-24)28-9-11-29(12-10-28)22-20(5-4-8-25-22)21-13-18(2)15-26-27-21/h4-5,8,13,15,19H,3,6-7,9-12,14,16-17H2,1-2H3/t19-/m1/s1. The number of amides is 1. The third-order valence-corrected chi connectivity index (χ3v) is 7.24. The van der Waals surface area contributed by atoms with Crippen molar-refractivity contribution < 1.29 is 9.53 Å². The molecule has 1 spiro atoms. The Balaban J connectivity index is 1.19. The van der Waals surface area contributed by atoms with Crippen molar-refractivity contribution in [3.8, 4) is 11.3 Å². The number of nitrogens with zero attached hydrogens (tertiary/aromatic N) is 6. The Morgan fingerprint density at radius 1 is 1.25 bits per heavy atom. The SMILES string of the molecule is CCOC(=O)N1CC2(CC[C@@H](N3CCN(c4ncccc4-c4cc(C)cnn4)CC3)C2)C1. The van der Waals surface area contributed by atoms with E-state index in [0.29, 0.717) is 18.1 Å². The van der Waals surface area contributed by atoms with Crippen LogP contribution in [0.15, 0.2) is 30.6 Å². The van der Waals surface area contributed by atoms with Crippen molar-refractivity contribution in [3.05, 3.63) is 36.2 Å². The summed E-state index contributed by atoms with van der Waals surface area (Å²) in [5.74, 6) is 0.999. The number of hydrogen-bond acceptors (Lipinski definition) is 7. The van der Waals surface area contributed by atoms with Gasteiger partial charge in [0, 0.05) is 62.5 Å². The topological polar surface area (TPSA) is 74.7 Å². The second-order valence-electron chi connectivity index (χ2n) is 9.47. The van der Waals surface area contributed by atoms with Crippen LogP contribution < -0.4 is 4.90 Å². The Morgan fingerprint density at radius 3 is 2.81 bits per heavy atom. The van der Waals surface area contributed by atoms with E-state index < -0.39 is 0 Å². The second-order valence-corrected chi connectivity index (χ2v) is 9.47. The Morgan fingerprint density at radius 2 is 2.06 bits per heavy atom. The number of pyridine rings is 1. The molecule has 1 aliphatic carbocycles. The summed E-state index contributed by atoms with van der Waals surface area (Å²) in [6, 6.07) is 6.74. The predicted octanol–water partition coefficient (Wildman–Crippen LogP) is 2.98. The van der Waals surface area contributed by atoms with Crippen molar-refractivity contribution in [2.24, 2.45) is 5.41 Å². The first-order chi connectivity index (χ1) is 15.6. The molecule has 2 aliphatic heterocycles. The fourth-order valence-corrected chi connectivity index (χ4v) is 5.63. The minimum absolute atomic E-state index is 0.153. The van der Waals surface area contributed by atoms with Gasteiger partial charge in [-0.25, -0.2) is 9.78 Å². The van der Waals surface area contributed by atoms with Crippen molar-refractivity contribution in [2.75, 3.05) is 50.8 Å². The highest BCUT2D eigenvalue weighted by atomic mass is 16.6. The van der Waals surface area contributed by atoms with E-state index in [4.69, 9.17) is 9.72 Å². The second kappa shape index (κ2) is 8.65. The number of anilines is 1. The van der Waals surface area contributed by atoms with Gasteiger partial charge in [0.05, 0.1) is 18.5 Å². The molecular formula is C24H32N6O2. The summed E-state index contributed by atoms with van der Waals surface area (Å²) in [5.41, 5.74) is 3.34. The van der Waals surface area contributed by atoms with E-state index in [1.54, 1.807) is 6.20 Å². The van der Waals surface area contributed by atoms with Gasteiger partial charge in [-0.2, -0.15) is 10.2 Å². The number of rotatable bonds is 4. The van der Waals surface area contributed by atoms with Crippen LogP contribution in [-0.2, 0) is 4.74 Å². The predicted molar refractivity (Wildman–Crippen MR) is 122 cm³/mol. The third kappa shape index (κ3) is 4.03. The molecule has 170 valence electrons. The largest absolute Gasteiger partial charge is 0.450 e. The molecule has 32 heavy (non-hydrogen) atoms. The number of carbonyl (C=O) groups excluding carboxylic acids is 1. The smallest absolute Gasteiger partial charge is 0.409 e. The molecule has 3 fully saturated rings. The van der Waals surface area contributed by atoms with Gasteiger partial charge in [-0.3, -0.25) is 4.90 Å². The molecule has 0 unspecified atom stereocenters. The number of hydrogen-bond donors (Lipinski definition) is 0. The van der Waals surface area contributed by atoms with Crippen molar-refractivity contribution in [1.82, 2.24) is 25.0 Å². The minimum Gasteiger partial charge on any atom is -0.450 e. The van der Waals surface area contributed by atoms with Crippen molar-refractivity contribution in [1.29, 1.82) is 0 Å². The molecule has 0 N–H and O–H groups in total. The summed E-state index contributed by atoms with van der Waals surface area (Å²) < 4.78 is 5.15. The molecule has 0 radical (unpaired) electrons. The molecule has 2 saturated heterocycles. The van der Waals surface area contributed by atoms with E-state index in [0.717, 1.165) is 61.9 Å². The maximum absolute atomic E-state index is 11.9. The van der Waals surface area contributed by atoms with Crippen LogP contribution in [0, 0.1) is 12.3 Å². The normalized spacial score (nSPS) is 22.8. The first kappa shape index (κ1) is 21.1. The zero-order chi connectivity index (χ0) is 22.1. The summed E-state index contributed by atoms with van der Waals surface area (Å²) in [7, 11) is 0. The number of carbonyl (C=O) groups is 1. The fourth-order valence-electron chi connectivity index (χ4n) is 5.63. The molecule has 5 rings (SSSR count). The first-order valence-corrected chi connectivity index (χ1v) is 11.7. The van der Waals surface area contributed by atoms with Crippen LogP contribution in [0.25, 0.3) is 11.3 Å². The van der Waals surface area contributed by atoms with E-state index in [1.165, 1.54) is 19.3 Å². The number of aromatic nitrogens is 3. The number of aryl methyl sites for hydroxylation is 1.